The molecular weight excluding hydrogens is 648 g/mol. The number of carbonyl (C=O) groups excluding carboxylic acids is 4. The third kappa shape index (κ3) is 11.0. The highest BCUT2D eigenvalue weighted by atomic mass is 16.4. The Labute approximate surface area is 277 Å². The Kier molecular flexibility index (Phi) is 13.2. The van der Waals surface area contributed by atoms with Gasteiger partial charge in [0.05, 0.1) is 25.5 Å². The number of aliphatic carboxylic acids is 3. The van der Waals surface area contributed by atoms with E-state index in [2.05, 4.69) is 26.3 Å². The summed E-state index contributed by atoms with van der Waals surface area (Å²) in [6.07, 6.45) is -0.678. The number of rotatable bonds is 18. The zero-order valence-electron chi connectivity index (χ0n) is 25.8. The number of aliphatic hydroxyl groups is 1. The average Bonchev–Trinajstić information content (AvgIpc) is 3.45. The highest BCUT2D eigenvalue weighted by Crippen LogP contribution is 2.19. The van der Waals surface area contributed by atoms with Crippen molar-refractivity contribution in [2.75, 3.05) is 6.61 Å². The highest BCUT2D eigenvalue weighted by Gasteiger charge is 2.33. The lowest BCUT2D eigenvalue weighted by Gasteiger charge is -2.26. The summed E-state index contributed by atoms with van der Waals surface area (Å²) in [5, 5.41) is 56.5. The van der Waals surface area contributed by atoms with Crippen LogP contribution in [-0.4, -0.2) is 109 Å². The monoisotopic (exact) mass is 684 g/mol. The van der Waals surface area contributed by atoms with Crippen molar-refractivity contribution in [3.05, 3.63) is 65.9 Å². The zero-order chi connectivity index (χ0) is 36.2. The van der Waals surface area contributed by atoms with Crippen molar-refractivity contribution in [1.82, 2.24) is 26.3 Å². The molecule has 0 saturated carbocycles. The van der Waals surface area contributed by atoms with Crippen LogP contribution in [0.3, 0.4) is 0 Å². The fourth-order valence-electron chi connectivity index (χ4n) is 4.75. The van der Waals surface area contributed by atoms with Crippen LogP contribution in [0.25, 0.3) is 10.9 Å². The first kappa shape index (κ1) is 37.4. The number of fused-ring (bicyclic) bond motifs is 1. The van der Waals surface area contributed by atoms with Crippen LogP contribution >= 0.6 is 0 Å². The molecule has 0 bridgehead atoms. The van der Waals surface area contributed by atoms with Crippen molar-refractivity contribution in [3.8, 4) is 5.75 Å². The molecule has 0 aliphatic carbocycles. The predicted octanol–water partition coefficient (Wildman–Crippen LogP) is -2.05. The van der Waals surface area contributed by atoms with E-state index < -0.39 is 91.2 Å². The summed E-state index contributed by atoms with van der Waals surface area (Å²) in [6.45, 7) is -0.988. The topological polar surface area (TPSA) is 311 Å². The number of nitrogens with one attached hydrogen (secondary N) is 5. The number of carbonyl (C=O) groups is 7. The fraction of sp³-hybridized carbons (Fsp3) is 0.323. The molecule has 0 radical (unpaired) electrons. The molecule has 0 unspecified atom stereocenters. The van der Waals surface area contributed by atoms with Gasteiger partial charge in [0.25, 0.3) is 0 Å². The molecule has 18 nitrogen and oxygen atoms in total. The van der Waals surface area contributed by atoms with Crippen molar-refractivity contribution >= 4 is 52.4 Å². The Hall–Kier alpha value is -6.01. The molecule has 1 heterocycles. The van der Waals surface area contributed by atoms with Gasteiger partial charge in [-0.2, -0.15) is 0 Å². The van der Waals surface area contributed by atoms with Gasteiger partial charge in [-0.25, -0.2) is 4.79 Å². The Morgan fingerprint density at radius 2 is 1.20 bits per heavy atom. The number of phenols is 1. The van der Waals surface area contributed by atoms with Gasteiger partial charge in [-0.3, -0.25) is 28.8 Å². The van der Waals surface area contributed by atoms with Crippen LogP contribution in [0, 0.1) is 0 Å². The van der Waals surface area contributed by atoms with Gasteiger partial charge in [0.1, 0.15) is 29.9 Å². The molecule has 2 aromatic carbocycles. The Morgan fingerprint density at radius 1 is 0.673 bits per heavy atom. The number of aliphatic hydroxyl groups excluding tert-OH is 1. The van der Waals surface area contributed by atoms with Gasteiger partial charge in [0.15, 0.2) is 0 Å². The summed E-state index contributed by atoms with van der Waals surface area (Å²) in [4.78, 5) is 90.3. The SMILES string of the molecule is N[C@@H](CC(=O)O)C(=O)N[C@@H](Cc1c[nH]c2ccccc12)C(=O)N[C@@H](CC(=O)O)C(=O)N[C@@H](Cc1ccc(O)cc1)C(=O)N[C@@H](CO)C(=O)O. The van der Waals surface area contributed by atoms with Gasteiger partial charge in [-0.05, 0) is 29.3 Å². The number of carboxylic acids is 3. The Morgan fingerprint density at radius 3 is 1.80 bits per heavy atom. The number of amides is 4. The van der Waals surface area contributed by atoms with E-state index in [9.17, 15) is 54.0 Å². The van der Waals surface area contributed by atoms with Crippen molar-refractivity contribution in [1.29, 1.82) is 0 Å². The number of nitrogens with two attached hydrogens (primary N) is 1. The molecule has 3 aromatic rings. The largest absolute Gasteiger partial charge is 0.508 e. The quantitative estimate of drug-likeness (QED) is 0.0688. The lowest BCUT2D eigenvalue weighted by molar-refractivity contribution is -0.144. The number of carboxylic acid groups (broad SMARTS) is 3. The minimum atomic E-state index is -1.84. The number of hydrogen-bond acceptors (Lipinski definition) is 10. The third-order valence-corrected chi connectivity index (χ3v) is 7.28. The number of phenolic OH excluding ortho intramolecular Hbond substituents is 1. The highest BCUT2D eigenvalue weighted by molar-refractivity contribution is 5.97. The maximum absolute atomic E-state index is 13.6. The fourth-order valence-corrected chi connectivity index (χ4v) is 4.75. The van der Waals surface area contributed by atoms with Gasteiger partial charge in [0, 0.05) is 29.9 Å². The van der Waals surface area contributed by atoms with Crippen LogP contribution in [0.2, 0.25) is 0 Å². The number of hydrogen-bond donors (Lipinski definition) is 11. The minimum Gasteiger partial charge on any atom is -0.508 e. The van der Waals surface area contributed by atoms with E-state index in [4.69, 9.17) is 10.8 Å². The molecular formula is C31H36N6O12. The van der Waals surface area contributed by atoms with E-state index in [1.807, 2.05) is 0 Å². The van der Waals surface area contributed by atoms with E-state index in [0.717, 1.165) is 0 Å². The normalized spacial score (nSPS) is 14.0. The van der Waals surface area contributed by atoms with Crippen LogP contribution in [-0.2, 0) is 46.4 Å². The van der Waals surface area contributed by atoms with Crippen molar-refractivity contribution in [3.63, 3.8) is 0 Å². The summed E-state index contributed by atoms with van der Waals surface area (Å²) in [6, 6.07) is 4.18. The molecule has 18 heteroatoms. The molecule has 4 amide bonds. The molecule has 0 saturated heterocycles. The molecule has 49 heavy (non-hydrogen) atoms. The Balaban J connectivity index is 1.89. The molecule has 5 atom stereocenters. The van der Waals surface area contributed by atoms with Crippen LogP contribution < -0.4 is 27.0 Å². The van der Waals surface area contributed by atoms with Crippen LogP contribution in [0.4, 0.5) is 0 Å². The lowest BCUT2D eigenvalue weighted by Crippen LogP contribution is -2.59. The van der Waals surface area contributed by atoms with Gasteiger partial charge in [-0.15, -0.1) is 0 Å². The third-order valence-electron chi connectivity index (χ3n) is 7.28. The van der Waals surface area contributed by atoms with Gasteiger partial charge in [-0.1, -0.05) is 30.3 Å². The van der Waals surface area contributed by atoms with Gasteiger partial charge >= 0.3 is 17.9 Å². The minimum absolute atomic E-state index is 0.109. The van der Waals surface area contributed by atoms with Gasteiger partial charge in [0.2, 0.25) is 23.6 Å². The smallest absolute Gasteiger partial charge is 0.328 e. The lowest BCUT2D eigenvalue weighted by atomic mass is 10.0. The first-order chi connectivity index (χ1) is 23.2. The summed E-state index contributed by atoms with van der Waals surface area (Å²) in [5.74, 6) is -8.90. The maximum Gasteiger partial charge on any atom is 0.328 e. The van der Waals surface area contributed by atoms with Crippen LogP contribution in [0.1, 0.15) is 24.0 Å². The molecule has 3 rings (SSSR count). The average molecular weight is 685 g/mol. The second-order valence-corrected chi connectivity index (χ2v) is 11.0. The number of para-hydroxylation sites is 1. The molecule has 0 spiro atoms. The predicted molar refractivity (Wildman–Crippen MR) is 169 cm³/mol. The molecule has 0 aliphatic rings. The van der Waals surface area contributed by atoms with Crippen molar-refractivity contribution < 1.29 is 59.1 Å². The standard InChI is InChI=1S/C31H36N6O12/c32-19(11-25(40)41)27(44)34-22(10-16-13-33-20-4-2-1-3-18(16)20)29(46)36-23(12-26(42)43)30(47)35-21(9-15-5-7-17(39)8-6-15)28(45)37-24(14-38)31(48)49/h1-8,13,19,21-24,33,38-39H,9-12,14,32H2,(H,34,44)(H,35,47)(H,36,46)(H,37,45)(H,40,41)(H,42,43)(H,48,49)/t19-,21-,22-,23-,24-/m0/s1. The zero-order valence-corrected chi connectivity index (χ0v) is 25.8. The molecule has 1 aromatic heterocycles. The van der Waals surface area contributed by atoms with E-state index in [-0.39, 0.29) is 18.6 Å². The molecule has 262 valence electrons. The van der Waals surface area contributed by atoms with Crippen LogP contribution in [0.15, 0.2) is 54.7 Å². The maximum atomic E-state index is 13.6. The van der Waals surface area contributed by atoms with E-state index in [1.54, 1.807) is 30.5 Å². The van der Waals surface area contributed by atoms with Crippen molar-refractivity contribution in [2.24, 2.45) is 5.73 Å². The second-order valence-electron chi connectivity index (χ2n) is 11.0. The second kappa shape index (κ2) is 17.2. The summed E-state index contributed by atoms with van der Waals surface area (Å²) in [5.41, 5.74) is 7.29. The Bertz CT molecular complexity index is 1690. The molecule has 0 aliphatic heterocycles. The van der Waals surface area contributed by atoms with E-state index in [0.29, 0.717) is 22.0 Å². The summed E-state index contributed by atoms with van der Waals surface area (Å²) in [7, 11) is 0. The number of aromatic hydroxyl groups is 1. The number of H-pyrrole nitrogens is 1. The number of aromatic amines is 1. The van der Waals surface area contributed by atoms with Gasteiger partial charge < -0.3 is 57.5 Å². The molecule has 0 fully saturated rings. The summed E-state index contributed by atoms with van der Waals surface area (Å²) < 4.78 is 0. The van der Waals surface area contributed by atoms with Crippen LogP contribution in [0.5, 0.6) is 5.75 Å². The first-order valence-corrected chi connectivity index (χ1v) is 14.8. The number of benzene rings is 2. The van der Waals surface area contributed by atoms with Crippen molar-refractivity contribution in [2.45, 2.75) is 55.9 Å². The number of aromatic nitrogens is 1. The first-order valence-electron chi connectivity index (χ1n) is 14.8. The molecule has 12 N–H and O–H groups in total. The van der Waals surface area contributed by atoms with E-state index >= 15 is 0 Å². The summed E-state index contributed by atoms with van der Waals surface area (Å²) >= 11 is 0. The van der Waals surface area contributed by atoms with E-state index in [1.165, 1.54) is 24.3 Å².